The molecule has 1 aliphatic heterocycles. The highest BCUT2D eigenvalue weighted by Gasteiger charge is 2.20. The highest BCUT2D eigenvalue weighted by Crippen LogP contribution is 2.16. The number of ether oxygens (including phenoxy) is 2. The van der Waals surface area contributed by atoms with E-state index < -0.39 is 0 Å². The van der Waals surface area contributed by atoms with Crippen LogP contribution in [0.25, 0.3) is 0 Å². The first-order chi connectivity index (χ1) is 8.13. The fraction of sp³-hybridized carbons (Fsp3) is 0.615. The molecule has 2 rings (SSSR count). The van der Waals surface area contributed by atoms with Crippen molar-refractivity contribution in [2.45, 2.75) is 39.5 Å². The van der Waals surface area contributed by atoms with Crippen LogP contribution in [-0.2, 0) is 11.3 Å². The quantitative estimate of drug-likeness (QED) is 0.844. The Kier molecular flexibility index (Phi) is 3.97. The van der Waals surface area contributed by atoms with Crippen molar-refractivity contribution in [2.75, 3.05) is 13.2 Å². The van der Waals surface area contributed by atoms with Crippen LogP contribution in [0.5, 0.6) is 5.88 Å². The predicted octanol–water partition coefficient (Wildman–Crippen LogP) is 1.67. The lowest BCUT2D eigenvalue weighted by molar-refractivity contribution is -0.0814. The van der Waals surface area contributed by atoms with Crippen LogP contribution in [0.3, 0.4) is 0 Å². The van der Waals surface area contributed by atoms with Gasteiger partial charge in [-0.15, -0.1) is 0 Å². The molecule has 2 heterocycles. The Labute approximate surface area is 102 Å². The van der Waals surface area contributed by atoms with Gasteiger partial charge in [-0.25, -0.2) is 4.98 Å². The minimum Gasteiger partial charge on any atom is -0.469 e. The normalized spacial score (nSPS) is 16.0. The molecule has 0 unspecified atom stereocenters. The van der Waals surface area contributed by atoms with Crippen molar-refractivity contribution in [2.24, 2.45) is 0 Å². The van der Waals surface area contributed by atoms with E-state index in [0.29, 0.717) is 25.1 Å². The molecule has 0 spiro atoms. The van der Waals surface area contributed by atoms with E-state index in [-0.39, 0.29) is 6.10 Å². The third-order valence-corrected chi connectivity index (χ3v) is 2.60. The van der Waals surface area contributed by atoms with Crippen molar-refractivity contribution >= 4 is 0 Å². The van der Waals surface area contributed by atoms with E-state index in [1.54, 1.807) is 0 Å². The predicted molar refractivity (Wildman–Crippen MR) is 66.2 cm³/mol. The lowest BCUT2D eigenvalue weighted by atomic mass is 10.2. The highest BCUT2D eigenvalue weighted by molar-refractivity contribution is 5.25. The Morgan fingerprint density at radius 2 is 2.24 bits per heavy atom. The summed E-state index contributed by atoms with van der Waals surface area (Å²) in [5.74, 6) is 0.707. The highest BCUT2D eigenvalue weighted by atomic mass is 16.6. The zero-order chi connectivity index (χ0) is 12.3. The zero-order valence-electron chi connectivity index (χ0n) is 10.7. The Morgan fingerprint density at radius 3 is 2.82 bits per heavy atom. The SMILES string of the molecule is Cc1cc(CNC(C)C)cc(OC2COC2)n1. The van der Waals surface area contributed by atoms with E-state index in [0.717, 1.165) is 12.2 Å². The number of hydrogen-bond donors (Lipinski definition) is 1. The van der Waals surface area contributed by atoms with Gasteiger partial charge >= 0.3 is 0 Å². The van der Waals surface area contributed by atoms with Crippen LogP contribution < -0.4 is 10.1 Å². The molecule has 0 atom stereocenters. The third-order valence-electron chi connectivity index (χ3n) is 2.60. The van der Waals surface area contributed by atoms with E-state index in [1.165, 1.54) is 5.56 Å². The lowest BCUT2D eigenvalue weighted by Crippen LogP contribution is -2.38. The number of rotatable bonds is 5. The first kappa shape index (κ1) is 12.3. The molecule has 1 aliphatic rings. The average Bonchev–Trinajstić information content (AvgIpc) is 2.20. The summed E-state index contributed by atoms with van der Waals surface area (Å²) in [6, 6.07) is 4.56. The summed E-state index contributed by atoms with van der Waals surface area (Å²) < 4.78 is 10.8. The second-order valence-electron chi connectivity index (χ2n) is 4.77. The second-order valence-corrected chi connectivity index (χ2v) is 4.77. The van der Waals surface area contributed by atoms with Gasteiger partial charge < -0.3 is 14.8 Å². The van der Waals surface area contributed by atoms with Crippen LogP contribution in [0.2, 0.25) is 0 Å². The first-order valence-corrected chi connectivity index (χ1v) is 6.09. The number of nitrogens with zero attached hydrogens (tertiary/aromatic N) is 1. The fourth-order valence-electron chi connectivity index (χ4n) is 1.64. The Morgan fingerprint density at radius 1 is 1.47 bits per heavy atom. The monoisotopic (exact) mass is 236 g/mol. The number of aryl methyl sites for hydroxylation is 1. The second kappa shape index (κ2) is 5.47. The van der Waals surface area contributed by atoms with Gasteiger partial charge in [0.05, 0.1) is 13.2 Å². The standard InChI is InChI=1S/C13H20N2O2/c1-9(2)14-6-11-4-10(3)15-13(5-11)17-12-7-16-8-12/h4-5,9,12,14H,6-8H2,1-3H3. The molecule has 0 aromatic carbocycles. The molecule has 0 aliphatic carbocycles. The molecule has 1 aromatic heterocycles. The van der Waals surface area contributed by atoms with E-state index >= 15 is 0 Å². The van der Waals surface area contributed by atoms with E-state index in [1.807, 2.05) is 13.0 Å². The number of hydrogen-bond acceptors (Lipinski definition) is 4. The molecule has 0 amide bonds. The van der Waals surface area contributed by atoms with E-state index in [2.05, 4.69) is 30.2 Å². The summed E-state index contributed by atoms with van der Waals surface area (Å²) >= 11 is 0. The maximum absolute atomic E-state index is 5.71. The molecule has 1 aromatic rings. The van der Waals surface area contributed by atoms with Crippen LogP contribution in [0.4, 0.5) is 0 Å². The largest absolute Gasteiger partial charge is 0.469 e. The van der Waals surface area contributed by atoms with Gasteiger partial charge in [-0.3, -0.25) is 0 Å². The summed E-state index contributed by atoms with van der Waals surface area (Å²) in [5.41, 5.74) is 2.20. The molecule has 94 valence electrons. The van der Waals surface area contributed by atoms with Crippen molar-refractivity contribution < 1.29 is 9.47 Å². The first-order valence-electron chi connectivity index (χ1n) is 6.09. The maximum Gasteiger partial charge on any atom is 0.214 e. The van der Waals surface area contributed by atoms with Crippen LogP contribution in [0, 0.1) is 6.92 Å². The minimum atomic E-state index is 0.176. The fourth-order valence-corrected chi connectivity index (χ4v) is 1.64. The smallest absolute Gasteiger partial charge is 0.214 e. The van der Waals surface area contributed by atoms with E-state index in [9.17, 15) is 0 Å². The number of pyridine rings is 1. The van der Waals surface area contributed by atoms with E-state index in [4.69, 9.17) is 9.47 Å². The maximum atomic E-state index is 5.71. The summed E-state index contributed by atoms with van der Waals surface area (Å²) in [6.07, 6.45) is 0.176. The topological polar surface area (TPSA) is 43.4 Å². The van der Waals surface area contributed by atoms with Gasteiger partial charge in [0, 0.05) is 24.3 Å². The van der Waals surface area contributed by atoms with Gasteiger partial charge in [0.1, 0.15) is 6.10 Å². The molecule has 1 N–H and O–H groups in total. The lowest BCUT2D eigenvalue weighted by Gasteiger charge is -2.26. The molecule has 1 saturated heterocycles. The van der Waals surface area contributed by atoms with Crippen LogP contribution in [0.15, 0.2) is 12.1 Å². The minimum absolute atomic E-state index is 0.176. The number of nitrogens with one attached hydrogen (secondary N) is 1. The molecule has 0 saturated carbocycles. The van der Waals surface area contributed by atoms with Crippen molar-refractivity contribution in [3.05, 3.63) is 23.4 Å². The van der Waals surface area contributed by atoms with Crippen molar-refractivity contribution in [3.8, 4) is 5.88 Å². The Hall–Kier alpha value is -1.13. The zero-order valence-corrected chi connectivity index (χ0v) is 10.7. The van der Waals surface area contributed by atoms with Crippen molar-refractivity contribution in [1.82, 2.24) is 10.3 Å². The third kappa shape index (κ3) is 3.68. The average molecular weight is 236 g/mol. The molecule has 4 heteroatoms. The molecule has 1 fully saturated rings. The molecular weight excluding hydrogens is 216 g/mol. The molecule has 0 bridgehead atoms. The Bertz CT molecular complexity index is 376. The van der Waals surface area contributed by atoms with Crippen LogP contribution in [0.1, 0.15) is 25.1 Å². The summed E-state index contributed by atoms with van der Waals surface area (Å²) in [7, 11) is 0. The molecule has 0 radical (unpaired) electrons. The van der Waals surface area contributed by atoms with Crippen LogP contribution >= 0.6 is 0 Å². The molecule has 17 heavy (non-hydrogen) atoms. The number of aromatic nitrogens is 1. The van der Waals surface area contributed by atoms with Gasteiger partial charge in [-0.05, 0) is 18.6 Å². The van der Waals surface area contributed by atoms with Crippen molar-refractivity contribution in [3.63, 3.8) is 0 Å². The van der Waals surface area contributed by atoms with Gasteiger partial charge in [-0.2, -0.15) is 0 Å². The van der Waals surface area contributed by atoms with Gasteiger partial charge in [-0.1, -0.05) is 13.8 Å². The summed E-state index contributed by atoms with van der Waals surface area (Å²) in [5, 5.41) is 3.39. The summed E-state index contributed by atoms with van der Waals surface area (Å²) in [4.78, 5) is 4.38. The van der Waals surface area contributed by atoms with Gasteiger partial charge in [0.25, 0.3) is 0 Å². The Balaban J connectivity index is 2.00. The summed E-state index contributed by atoms with van der Waals surface area (Å²) in [6.45, 7) is 8.46. The van der Waals surface area contributed by atoms with Crippen molar-refractivity contribution in [1.29, 1.82) is 0 Å². The van der Waals surface area contributed by atoms with Crippen LogP contribution in [-0.4, -0.2) is 30.3 Å². The molecular formula is C13H20N2O2. The molecule has 4 nitrogen and oxygen atoms in total. The van der Waals surface area contributed by atoms with Gasteiger partial charge in [0.15, 0.2) is 0 Å². The van der Waals surface area contributed by atoms with Gasteiger partial charge in [0.2, 0.25) is 5.88 Å².